The van der Waals surface area contributed by atoms with Gasteiger partial charge in [0.25, 0.3) is 5.91 Å². The Bertz CT molecular complexity index is 534. The second-order valence-corrected chi connectivity index (χ2v) is 6.36. The van der Waals surface area contributed by atoms with E-state index in [9.17, 15) is 4.79 Å². The van der Waals surface area contributed by atoms with Crippen LogP contribution in [0.15, 0.2) is 18.2 Å². The molecule has 1 aromatic carbocycles. The van der Waals surface area contributed by atoms with E-state index in [1.54, 1.807) is 11.9 Å². The second-order valence-electron chi connectivity index (χ2n) is 6.36. The maximum absolute atomic E-state index is 12.5. The third-order valence-electron chi connectivity index (χ3n) is 5.41. The van der Waals surface area contributed by atoms with Crippen LogP contribution < -0.4 is 5.32 Å². The zero-order valence-corrected chi connectivity index (χ0v) is 13.6. The van der Waals surface area contributed by atoms with Crippen molar-refractivity contribution in [3.8, 4) is 0 Å². The van der Waals surface area contributed by atoms with Gasteiger partial charge in [-0.15, -0.1) is 0 Å². The fourth-order valence-corrected chi connectivity index (χ4v) is 3.19. The molecule has 0 aromatic heterocycles. The number of rotatable bonds is 5. The number of aliphatic hydroxyl groups is 1. The molecule has 0 bridgehead atoms. The summed E-state index contributed by atoms with van der Waals surface area (Å²) in [7, 11) is 3.58. The van der Waals surface area contributed by atoms with Gasteiger partial charge in [0.1, 0.15) is 0 Å². The summed E-state index contributed by atoms with van der Waals surface area (Å²) >= 11 is 0. The molecule has 1 fully saturated rings. The van der Waals surface area contributed by atoms with Crippen LogP contribution in [0.3, 0.4) is 0 Å². The maximum atomic E-state index is 12.5. The smallest absolute Gasteiger partial charge is 0.253 e. The molecule has 1 amide bonds. The lowest BCUT2D eigenvalue weighted by molar-refractivity contribution is 0.0767. The number of nitrogens with zero attached hydrogens (tertiary/aromatic N) is 1. The molecule has 1 aromatic rings. The molecule has 0 spiro atoms. The molecular weight excluding hydrogens is 264 g/mol. The minimum Gasteiger partial charge on any atom is -0.395 e. The molecule has 0 aliphatic heterocycles. The first kappa shape index (κ1) is 15.8. The Labute approximate surface area is 127 Å². The van der Waals surface area contributed by atoms with E-state index in [2.05, 4.69) is 32.2 Å². The van der Waals surface area contributed by atoms with Crippen LogP contribution >= 0.6 is 0 Å². The van der Waals surface area contributed by atoms with Crippen LogP contribution in [-0.2, 0) is 5.41 Å². The van der Waals surface area contributed by atoms with E-state index >= 15 is 0 Å². The molecule has 2 rings (SSSR count). The van der Waals surface area contributed by atoms with Gasteiger partial charge in [0.05, 0.1) is 6.61 Å². The summed E-state index contributed by atoms with van der Waals surface area (Å²) in [5.74, 6) is 1.21. The maximum Gasteiger partial charge on any atom is 0.253 e. The molecule has 1 saturated carbocycles. The summed E-state index contributed by atoms with van der Waals surface area (Å²) in [6, 6.07) is 6.03. The average Bonchev–Trinajstić information content (AvgIpc) is 2.98. The van der Waals surface area contributed by atoms with Gasteiger partial charge in [-0.2, -0.15) is 0 Å². The molecular formula is C17H26N2O2. The van der Waals surface area contributed by atoms with Crippen molar-refractivity contribution in [2.75, 3.05) is 32.6 Å². The predicted molar refractivity (Wildman–Crippen MR) is 85.7 cm³/mol. The molecule has 2 N–H and O–H groups in total. The highest BCUT2D eigenvalue weighted by molar-refractivity contribution is 5.95. The molecule has 2 unspecified atom stereocenters. The van der Waals surface area contributed by atoms with Crippen molar-refractivity contribution in [2.24, 2.45) is 11.8 Å². The zero-order chi connectivity index (χ0) is 15.8. The fourth-order valence-electron chi connectivity index (χ4n) is 3.19. The van der Waals surface area contributed by atoms with Crippen LogP contribution in [-0.4, -0.2) is 43.2 Å². The van der Waals surface area contributed by atoms with Gasteiger partial charge in [-0.25, -0.2) is 0 Å². The number of carbonyl (C=O) groups is 1. The van der Waals surface area contributed by atoms with Crippen LogP contribution in [0.4, 0.5) is 5.69 Å². The largest absolute Gasteiger partial charge is 0.395 e. The lowest BCUT2D eigenvalue weighted by Crippen LogP contribution is -2.29. The van der Waals surface area contributed by atoms with E-state index in [4.69, 9.17) is 5.11 Å². The summed E-state index contributed by atoms with van der Waals surface area (Å²) in [4.78, 5) is 14.0. The summed E-state index contributed by atoms with van der Waals surface area (Å²) < 4.78 is 0. The first-order valence-electron chi connectivity index (χ1n) is 7.55. The van der Waals surface area contributed by atoms with Crippen LogP contribution in [0.1, 0.15) is 36.7 Å². The molecule has 0 saturated heterocycles. The zero-order valence-electron chi connectivity index (χ0n) is 13.6. The van der Waals surface area contributed by atoms with E-state index in [0.717, 1.165) is 5.69 Å². The van der Waals surface area contributed by atoms with E-state index in [1.165, 1.54) is 5.56 Å². The molecule has 4 nitrogen and oxygen atoms in total. The fraction of sp³-hybridized carbons (Fsp3) is 0.588. The van der Waals surface area contributed by atoms with Crippen LogP contribution in [0, 0.1) is 11.8 Å². The number of hydrogen-bond donors (Lipinski definition) is 2. The molecule has 0 heterocycles. The van der Waals surface area contributed by atoms with Gasteiger partial charge in [-0.05, 0) is 41.0 Å². The summed E-state index contributed by atoms with van der Waals surface area (Å²) in [6.07, 6.45) is 0. The number of hydrogen-bond acceptors (Lipinski definition) is 3. The Hall–Kier alpha value is -1.55. The summed E-state index contributed by atoms with van der Waals surface area (Å²) in [5.41, 5.74) is 3.01. The van der Waals surface area contributed by atoms with E-state index in [0.29, 0.717) is 23.9 Å². The van der Waals surface area contributed by atoms with Gasteiger partial charge < -0.3 is 15.3 Å². The molecule has 4 heteroatoms. The van der Waals surface area contributed by atoms with Gasteiger partial charge in [0, 0.05) is 31.9 Å². The molecule has 1 aliphatic rings. The number of benzene rings is 1. The van der Waals surface area contributed by atoms with Crippen LogP contribution in [0.2, 0.25) is 0 Å². The first-order chi connectivity index (χ1) is 9.86. The first-order valence-corrected chi connectivity index (χ1v) is 7.55. The van der Waals surface area contributed by atoms with Crippen molar-refractivity contribution in [1.29, 1.82) is 0 Å². The van der Waals surface area contributed by atoms with Gasteiger partial charge in [-0.3, -0.25) is 4.79 Å². The summed E-state index contributed by atoms with van der Waals surface area (Å²) in [6.45, 7) is 7.11. The van der Waals surface area contributed by atoms with Crippen LogP contribution in [0.5, 0.6) is 0 Å². The quantitative estimate of drug-likeness (QED) is 0.875. The summed E-state index contributed by atoms with van der Waals surface area (Å²) in [5, 5.41) is 12.1. The van der Waals surface area contributed by atoms with E-state index in [1.807, 2.05) is 19.2 Å². The van der Waals surface area contributed by atoms with Crippen molar-refractivity contribution in [3.05, 3.63) is 29.3 Å². The number of anilines is 1. The number of nitrogens with one attached hydrogen (secondary N) is 1. The van der Waals surface area contributed by atoms with Gasteiger partial charge in [-0.1, -0.05) is 20.8 Å². The Morgan fingerprint density at radius 2 is 1.95 bits per heavy atom. The third-order valence-corrected chi connectivity index (χ3v) is 5.41. The highest BCUT2D eigenvalue weighted by atomic mass is 16.3. The standard InChI is InChI=1S/C17H26N2O2/c1-11-12(2)17(11,3)14-8-13(9-15(10-14)18-4)16(21)19(5)6-7-20/h8-12,18,20H,6-7H2,1-5H3. The molecule has 2 atom stereocenters. The monoisotopic (exact) mass is 290 g/mol. The molecule has 0 radical (unpaired) electrons. The minimum atomic E-state index is -0.0491. The number of aliphatic hydroxyl groups excluding tert-OH is 1. The van der Waals surface area contributed by atoms with Crippen molar-refractivity contribution in [3.63, 3.8) is 0 Å². The third kappa shape index (κ3) is 2.64. The Morgan fingerprint density at radius 1 is 1.33 bits per heavy atom. The van der Waals surface area contributed by atoms with Gasteiger partial charge in [0.2, 0.25) is 0 Å². The number of amides is 1. The molecule has 116 valence electrons. The van der Waals surface area contributed by atoms with Crippen molar-refractivity contribution >= 4 is 11.6 Å². The predicted octanol–water partition coefficient (Wildman–Crippen LogP) is 2.34. The Balaban J connectivity index is 2.37. The normalized spacial score (nSPS) is 27.3. The second kappa shape index (κ2) is 5.68. The SMILES string of the molecule is CNc1cc(C(=O)N(C)CCO)cc(C2(C)C(C)C2C)c1. The lowest BCUT2D eigenvalue weighted by Gasteiger charge is -2.19. The lowest BCUT2D eigenvalue weighted by atomic mass is 9.92. The number of likely N-dealkylation sites (N-methyl/N-ethyl adjacent to an activating group) is 1. The molecule has 21 heavy (non-hydrogen) atoms. The van der Waals surface area contributed by atoms with Crippen molar-refractivity contribution < 1.29 is 9.90 Å². The van der Waals surface area contributed by atoms with Gasteiger partial charge in [0.15, 0.2) is 0 Å². The van der Waals surface area contributed by atoms with Crippen LogP contribution in [0.25, 0.3) is 0 Å². The van der Waals surface area contributed by atoms with Crippen molar-refractivity contribution in [1.82, 2.24) is 4.90 Å². The van der Waals surface area contributed by atoms with Gasteiger partial charge >= 0.3 is 0 Å². The Morgan fingerprint density at radius 3 is 2.43 bits per heavy atom. The molecule has 1 aliphatic carbocycles. The highest BCUT2D eigenvalue weighted by Gasteiger charge is 2.56. The van der Waals surface area contributed by atoms with Crippen molar-refractivity contribution in [2.45, 2.75) is 26.2 Å². The van der Waals surface area contributed by atoms with E-state index in [-0.39, 0.29) is 17.9 Å². The minimum absolute atomic E-state index is 0.0212. The topological polar surface area (TPSA) is 52.6 Å². The Kier molecular flexibility index (Phi) is 4.28. The highest BCUT2D eigenvalue weighted by Crippen LogP contribution is 2.59. The average molecular weight is 290 g/mol. The number of carbonyl (C=O) groups excluding carboxylic acids is 1. The van der Waals surface area contributed by atoms with E-state index < -0.39 is 0 Å².